The number of carbonyl (C=O) groups is 1. The molecule has 1 N–H and O–H groups in total. The summed E-state index contributed by atoms with van der Waals surface area (Å²) in [5.74, 6) is 0.836. The van der Waals surface area contributed by atoms with Crippen LogP contribution in [-0.4, -0.2) is 13.0 Å². The minimum Gasteiger partial charge on any atom is -0.497 e. The summed E-state index contributed by atoms with van der Waals surface area (Å²) in [5.41, 5.74) is 2.49. The molecule has 5 heteroatoms. The number of carbonyl (C=O) groups excluding carboxylic acids is 1. The second-order valence-electron chi connectivity index (χ2n) is 5.63. The number of methoxy groups -OCH3 is 1. The Balaban J connectivity index is 1.89. The van der Waals surface area contributed by atoms with Crippen molar-refractivity contribution >= 4 is 32.8 Å². The molecule has 0 saturated carbocycles. The number of halogens is 1. The number of furan rings is 1. The van der Waals surface area contributed by atoms with Crippen molar-refractivity contribution in [1.82, 2.24) is 5.32 Å². The molecule has 0 bridgehead atoms. The smallest absolute Gasteiger partial charge is 0.287 e. The third-order valence-electron chi connectivity index (χ3n) is 4.07. The fourth-order valence-electron chi connectivity index (χ4n) is 2.71. The lowest BCUT2D eigenvalue weighted by atomic mass is 10.1. The van der Waals surface area contributed by atoms with Crippen molar-refractivity contribution in [1.29, 1.82) is 0 Å². The van der Waals surface area contributed by atoms with Crippen LogP contribution in [0, 0.1) is 6.92 Å². The summed E-state index contributed by atoms with van der Waals surface area (Å²) in [6.45, 7) is 3.82. The second-order valence-corrected chi connectivity index (χ2v) is 6.49. The van der Waals surface area contributed by atoms with E-state index in [-0.39, 0.29) is 11.9 Å². The SMILES string of the molecule is COc1ccc2oc(C(=O)N[C@@H](C)c3ccccc3Br)c(C)c2c1. The van der Waals surface area contributed by atoms with Crippen LogP contribution in [0.5, 0.6) is 5.75 Å². The minimum absolute atomic E-state index is 0.143. The molecule has 0 spiro atoms. The predicted octanol–water partition coefficient (Wildman–Crippen LogP) is 5.00. The van der Waals surface area contributed by atoms with Crippen molar-refractivity contribution in [3.05, 3.63) is 63.8 Å². The van der Waals surface area contributed by atoms with Crippen LogP contribution in [-0.2, 0) is 0 Å². The zero-order chi connectivity index (χ0) is 17.3. The van der Waals surface area contributed by atoms with Gasteiger partial charge in [0.1, 0.15) is 11.3 Å². The fourth-order valence-corrected chi connectivity index (χ4v) is 3.34. The van der Waals surface area contributed by atoms with E-state index in [1.165, 1.54) is 0 Å². The van der Waals surface area contributed by atoms with Crippen LogP contribution >= 0.6 is 15.9 Å². The normalized spacial score (nSPS) is 12.2. The third kappa shape index (κ3) is 3.04. The highest BCUT2D eigenvalue weighted by atomic mass is 79.9. The summed E-state index contributed by atoms with van der Waals surface area (Å²) in [6.07, 6.45) is 0. The first kappa shape index (κ1) is 16.6. The quantitative estimate of drug-likeness (QED) is 0.684. The van der Waals surface area contributed by atoms with E-state index in [1.807, 2.05) is 56.3 Å². The molecular formula is C19H18BrNO3. The maximum Gasteiger partial charge on any atom is 0.287 e. The molecule has 0 radical (unpaired) electrons. The summed E-state index contributed by atoms with van der Waals surface area (Å²) in [6, 6.07) is 13.2. The van der Waals surface area contributed by atoms with Crippen molar-refractivity contribution in [3.63, 3.8) is 0 Å². The monoisotopic (exact) mass is 387 g/mol. The number of fused-ring (bicyclic) bond motifs is 1. The standard InChI is InChI=1S/C19H18BrNO3/c1-11-15-10-13(23-3)8-9-17(15)24-18(11)19(22)21-12(2)14-6-4-5-7-16(14)20/h4-10,12H,1-3H3,(H,21,22)/t12-/m0/s1. The summed E-state index contributed by atoms with van der Waals surface area (Å²) >= 11 is 3.51. The van der Waals surface area contributed by atoms with E-state index in [0.717, 1.165) is 26.7 Å². The van der Waals surface area contributed by atoms with Crippen molar-refractivity contribution in [3.8, 4) is 5.75 Å². The fraction of sp³-hybridized carbons (Fsp3) is 0.211. The highest BCUT2D eigenvalue weighted by molar-refractivity contribution is 9.10. The second kappa shape index (κ2) is 6.69. The Labute approximate surface area is 148 Å². The lowest BCUT2D eigenvalue weighted by molar-refractivity contribution is 0.0913. The first-order valence-corrected chi connectivity index (χ1v) is 8.43. The molecule has 124 valence electrons. The van der Waals surface area contributed by atoms with Crippen LogP contribution in [0.1, 0.15) is 34.6 Å². The topological polar surface area (TPSA) is 51.5 Å². The number of rotatable bonds is 4. The molecule has 3 aromatic rings. The van der Waals surface area contributed by atoms with Gasteiger partial charge >= 0.3 is 0 Å². The molecule has 1 atom stereocenters. The van der Waals surface area contributed by atoms with Crippen LogP contribution in [0.25, 0.3) is 11.0 Å². The van der Waals surface area contributed by atoms with Crippen LogP contribution in [0.4, 0.5) is 0 Å². The number of benzene rings is 2. The van der Waals surface area contributed by atoms with Crippen LogP contribution in [0.15, 0.2) is 51.4 Å². The van der Waals surface area contributed by atoms with Crippen LogP contribution < -0.4 is 10.1 Å². The zero-order valence-electron chi connectivity index (χ0n) is 13.7. The molecule has 4 nitrogen and oxygen atoms in total. The van der Waals surface area contributed by atoms with Gasteiger partial charge in [-0.3, -0.25) is 4.79 Å². The molecular weight excluding hydrogens is 370 g/mol. The predicted molar refractivity (Wildman–Crippen MR) is 97.5 cm³/mol. The lowest BCUT2D eigenvalue weighted by Crippen LogP contribution is -2.27. The average molecular weight is 388 g/mol. The van der Waals surface area contributed by atoms with Gasteiger partial charge in [-0.15, -0.1) is 0 Å². The molecule has 2 aromatic carbocycles. The van der Waals surface area contributed by atoms with Crippen molar-refractivity contribution in [2.45, 2.75) is 19.9 Å². The van der Waals surface area contributed by atoms with E-state index in [9.17, 15) is 4.79 Å². The van der Waals surface area contributed by atoms with Crippen molar-refractivity contribution < 1.29 is 13.9 Å². The average Bonchev–Trinajstić information content (AvgIpc) is 2.91. The van der Waals surface area contributed by atoms with E-state index in [0.29, 0.717) is 11.3 Å². The van der Waals surface area contributed by atoms with Crippen molar-refractivity contribution in [2.75, 3.05) is 7.11 Å². The van der Waals surface area contributed by atoms with Gasteiger partial charge in [0.05, 0.1) is 13.2 Å². The molecule has 1 amide bonds. The Kier molecular flexibility index (Phi) is 4.62. The maximum atomic E-state index is 12.6. The molecule has 1 aromatic heterocycles. The Morgan fingerprint density at radius 1 is 1.25 bits per heavy atom. The number of nitrogens with one attached hydrogen (secondary N) is 1. The Bertz CT molecular complexity index is 901. The lowest BCUT2D eigenvalue weighted by Gasteiger charge is -2.15. The highest BCUT2D eigenvalue weighted by Gasteiger charge is 2.20. The summed E-state index contributed by atoms with van der Waals surface area (Å²) in [4.78, 5) is 12.6. The molecule has 0 fully saturated rings. The highest BCUT2D eigenvalue weighted by Crippen LogP contribution is 2.29. The molecule has 3 rings (SSSR count). The first-order valence-electron chi connectivity index (χ1n) is 7.63. The molecule has 24 heavy (non-hydrogen) atoms. The number of amides is 1. The van der Waals surface area contributed by atoms with E-state index >= 15 is 0 Å². The van der Waals surface area contributed by atoms with E-state index < -0.39 is 0 Å². The van der Waals surface area contributed by atoms with Gasteiger partial charge in [0, 0.05) is 15.4 Å². The largest absolute Gasteiger partial charge is 0.497 e. The Hall–Kier alpha value is -2.27. The van der Waals surface area contributed by atoms with Crippen molar-refractivity contribution in [2.24, 2.45) is 0 Å². The number of aryl methyl sites for hydroxylation is 1. The molecule has 1 heterocycles. The van der Waals surface area contributed by atoms with Gasteiger partial charge in [0.25, 0.3) is 5.91 Å². The van der Waals surface area contributed by atoms with Gasteiger partial charge in [0.2, 0.25) is 0 Å². The number of hydrogen-bond donors (Lipinski definition) is 1. The van der Waals surface area contributed by atoms with Gasteiger partial charge in [-0.25, -0.2) is 0 Å². The van der Waals surface area contributed by atoms with Crippen LogP contribution in [0.3, 0.4) is 0 Å². The summed E-state index contributed by atoms with van der Waals surface area (Å²) < 4.78 is 11.9. The third-order valence-corrected chi connectivity index (χ3v) is 4.79. The van der Waals surface area contributed by atoms with E-state index in [2.05, 4.69) is 21.2 Å². The zero-order valence-corrected chi connectivity index (χ0v) is 15.3. The molecule has 0 aliphatic heterocycles. The van der Waals surface area contributed by atoms with Gasteiger partial charge < -0.3 is 14.5 Å². The number of ether oxygens (including phenoxy) is 1. The summed E-state index contributed by atoms with van der Waals surface area (Å²) in [5, 5.41) is 3.87. The van der Waals surface area contributed by atoms with Gasteiger partial charge in [-0.1, -0.05) is 34.1 Å². The van der Waals surface area contributed by atoms with Gasteiger partial charge in [-0.2, -0.15) is 0 Å². The molecule has 0 aliphatic carbocycles. The van der Waals surface area contributed by atoms with Gasteiger partial charge in [0.15, 0.2) is 5.76 Å². The molecule has 0 saturated heterocycles. The minimum atomic E-state index is -0.231. The molecule has 0 unspecified atom stereocenters. The van der Waals surface area contributed by atoms with Gasteiger partial charge in [-0.05, 0) is 43.7 Å². The van der Waals surface area contributed by atoms with Crippen LogP contribution in [0.2, 0.25) is 0 Å². The Morgan fingerprint density at radius 3 is 2.71 bits per heavy atom. The maximum absolute atomic E-state index is 12.6. The first-order chi connectivity index (χ1) is 11.5. The van der Waals surface area contributed by atoms with E-state index in [4.69, 9.17) is 9.15 Å². The van der Waals surface area contributed by atoms with E-state index in [1.54, 1.807) is 7.11 Å². The number of hydrogen-bond acceptors (Lipinski definition) is 3. The molecule has 0 aliphatic rings. The Morgan fingerprint density at radius 2 is 2.00 bits per heavy atom. The summed E-state index contributed by atoms with van der Waals surface area (Å²) in [7, 11) is 1.61.